The summed E-state index contributed by atoms with van der Waals surface area (Å²) < 4.78 is 42.7. The largest absolute Gasteiger partial charge is 0.496 e. The van der Waals surface area contributed by atoms with Crippen LogP contribution in [0.15, 0.2) is 40.9 Å². The first-order valence-electron chi connectivity index (χ1n) is 15.7. The highest BCUT2D eigenvalue weighted by Gasteiger charge is 2.78. The van der Waals surface area contributed by atoms with Gasteiger partial charge in [-0.3, -0.25) is 29.4 Å². The fourth-order valence-electron chi connectivity index (χ4n) is 8.36. The summed E-state index contributed by atoms with van der Waals surface area (Å²) >= 11 is 0. The van der Waals surface area contributed by atoms with E-state index in [4.69, 9.17) is 33.2 Å². The Morgan fingerprint density at radius 1 is 0.958 bits per heavy atom. The number of rotatable bonds is 5. The number of methoxy groups -OCH3 is 1. The molecule has 2 amide bonds. The number of fused-ring (bicyclic) bond motifs is 6. The summed E-state index contributed by atoms with van der Waals surface area (Å²) in [7, 11) is 4.67. The van der Waals surface area contributed by atoms with Crippen LogP contribution in [0.3, 0.4) is 0 Å². The van der Waals surface area contributed by atoms with E-state index in [2.05, 4.69) is 5.32 Å². The van der Waals surface area contributed by atoms with Crippen molar-refractivity contribution in [1.82, 2.24) is 10.2 Å². The number of nitrogens with zero attached hydrogens (tertiary/aromatic N) is 1. The number of carbonyl (C=O) groups excluding carboxylic acids is 4. The highest BCUT2D eigenvalue weighted by molar-refractivity contribution is 6.06. The van der Waals surface area contributed by atoms with E-state index < -0.39 is 82.2 Å². The van der Waals surface area contributed by atoms with Gasteiger partial charge in [0, 0.05) is 32.3 Å². The molecule has 0 radical (unpaired) electrons. The van der Waals surface area contributed by atoms with E-state index in [0.717, 1.165) is 20.8 Å². The van der Waals surface area contributed by atoms with Crippen LogP contribution in [0, 0.1) is 11.8 Å². The maximum Gasteiger partial charge on any atom is 0.307 e. The Bertz CT molecular complexity index is 1620. The summed E-state index contributed by atoms with van der Waals surface area (Å²) in [5.41, 5.74) is -2.03. The van der Waals surface area contributed by atoms with Gasteiger partial charge in [0.05, 0.1) is 57.2 Å². The number of ether oxygens (including phenoxy) is 7. The molecule has 0 unspecified atom stereocenters. The quantitative estimate of drug-likeness (QED) is 0.363. The average Bonchev–Trinajstić information content (AvgIpc) is 3.69. The van der Waals surface area contributed by atoms with Crippen LogP contribution < -0.4 is 10.1 Å². The van der Waals surface area contributed by atoms with Gasteiger partial charge in [-0.2, -0.15) is 0 Å². The van der Waals surface area contributed by atoms with Gasteiger partial charge in [-0.05, 0) is 31.6 Å². The first-order valence-corrected chi connectivity index (χ1v) is 15.7. The van der Waals surface area contributed by atoms with Crippen LogP contribution >= 0.6 is 0 Å². The number of imide groups is 1. The number of aliphatic hydroxyl groups excluding tert-OH is 1. The number of hydrogen-bond acceptors (Lipinski definition) is 14. The minimum absolute atomic E-state index is 0.0733. The van der Waals surface area contributed by atoms with Gasteiger partial charge in [-0.15, -0.1) is 0 Å². The molecular formula is C33H40N2O13. The van der Waals surface area contributed by atoms with Crippen molar-refractivity contribution in [2.24, 2.45) is 11.8 Å². The fraction of sp³-hybridized carbons (Fsp3) is 0.576. The van der Waals surface area contributed by atoms with Gasteiger partial charge < -0.3 is 43.4 Å². The first kappa shape index (κ1) is 34.2. The highest BCUT2D eigenvalue weighted by Crippen LogP contribution is 2.66. The summed E-state index contributed by atoms with van der Waals surface area (Å²) in [6.45, 7) is 5.04. The number of amides is 2. The summed E-state index contributed by atoms with van der Waals surface area (Å²) in [5, 5.41) is 28.4. The van der Waals surface area contributed by atoms with Crippen molar-refractivity contribution < 1.29 is 62.5 Å². The minimum atomic E-state index is -2.72. The summed E-state index contributed by atoms with van der Waals surface area (Å²) in [6, 6.07) is 4.11. The van der Waals surface area contributed by atoms with Crippen LogP contribution in [0.1, 0.15) is 44.7 Å². The molecule has 15 heteroatoms. The molecule has 0 bridgehead atoms. The van der Waals surface area contributed by atoms with Crippen LogP contribution in [0.5, 0.6) is 5.75 Å². The number of esters is 2. The molecule has 2 heterocycles. The smallest absolute Gasteiger partial charge is 0.307 e. The molecule has 2 spiro atoms. The Balaban J connectivity index is 1.80. The van der Waals surface area contributed by atoms with Crippen LogP contribution in [0.4, 0.5) is 0 Å². The van der Waals surface area contributed by atoms with Gasteiger partial charge in [0.15, 0.2) is 11.4 Å². The standard InChI is InChI=1S/C33H40N2O13/c1-15-19-9-8-10-20(42-7)22(19)32(43-11-12-44-32)23-21(15)27(39)24-26(35(5)6)28(47-17(3)37)25(30(40)34-16(2)36)33(45-13-14-46-33)31(24,41)29(23)48-18(4)38/h8-10,15,21,24,26-27,39,41H,11-14H2,1-7H3,(H,34,36,40)/t15-,21+,24+,26-,27-,31-/m0/s1. The zero-order valence-corrected chi connectivity index (χ0v) is 27.8. The van der Waals surface area contributed by atoms with Crippen molar-refractivity contribution in [2.75, 3.05) is 47.6 Å². The number of aliphatic hydroxyl groups is 2. The van der Waals surface area contributed by atoms with Gasteiger partial charge in [0.25, 0.3) is 5.91 Å². The van der Waals surface area contributed by atoms with Crippen molar-refractivity contribution in [3.05, 3.63) is 52.0 Å². The Kier molecular flexibility index (Phi) is 8.55. The summed E-state index contributed by atoms with van der Waals surface area (Å²) in [4.78, 5) is 53.6. The predicted octanol–water partition coefficient (Wildman–Crippen LogP) is 0.334. The van der Waals surface area contributed by atoms with E-state index in [1.807, 2.05) is 13.0 Å². The van der Waals surface area contributed by atoms with Crippen molar-refractivity contribution in [3.8, 4) is 5.75 Å². The molecule has 15 nitrogen and oxygen atoms in total. The molecule has 1 aromatic rings. The number of likely N-dealkylation sites (N-methyl/N-ethyl adjacent to an activating group) is 1. The third kappa shape index (κ3) is 4.60. The van der Waals surface area contributed by atoms with Gasteiger partial charge in [-0.1, -0.05) is 19.1 Å². The van der Waals surface area contributed by atoms with E-state index in [-0.39, 0.29) is 37.8 Å². The maximum absolute atomic E-state index is 14.1. The molecule has 0 saturated carbocycles. The summed E-state index contributed by atoms with van der Waals surface area (Å²) in [6.07, 6.45) is -1.54. The highest BCUT2D eigenvalue weighted by atomic mass is 16.8. The third-order valence-electron chi connectivity index (χ3n) is 9.78. The first-order chi connectivity index (χ1) is 22.7. The molecule has 3 N–H and O–H groups in total. The lowest BCUT2D eigenvalue weighted by atomic mass is 9.52. The number of nitrogens with one attached hydrogen (secondary N) is 1. The molecule has 2 aliphatic heterocycles. The minimum Gasteiger partial charge on any atom is -0.496 e. The normalized spacial score (nSPS) is 31.3. The molecule has 5 aliphatic rings. The van der Waals surface area contributed by atoms with E-state index in [1.54, 1.807) is 31.1 Å². The Hall–Kier alpha value is -3.70. The zero-order chi connectivity index (χ0) is 34.9. The fourth-order valence-corrected chi connectivity index (χ4v) is 8.36. The van der Waals surface area contributed by atoms with E-state index in [1.165, 1.54) is 7.11 Å². The zero-order valence-electron chi connectivity index (χ0n) is 27.8. The van der Waals surface area contributed by atoms with Gasteiger partial charge in [0.2, 0.25) is 17.5 Å². The molecule has 6 atom stereocenters. The van der Waals surface area contributed by atoms with E-state index >= 15 is 0 Å². The van der Waals surface area contributed by atoms with Crippen LogP contribution in [-0.4, -0.2) is 110 Å². The molecule has 0 aromatic heterocycles. The molecule has 48 heavy (non-hydrogen) atoms. The maximum atomic E-state index is 14.1. The lowest BCUT2D eigenvalue weighted by Crippen LogP contribution is -2.76. The topological polar surface area (TPSA) is 189 Å². The molecule has 1 aromatic carbocycles. The molecule has 260 valence electrons. The van der Waals surface area contributed by atoms with Crippen LogP contribution in [-0.2, 0) is 53.4 Å². The number of carbonyl (C=O) groups is 4. The second kappa shape index (κ2) is 12.0. The van der Waals surface area contributed by atoms with Gasteiger partial charge in [0.1, 0.15) is 17.1 Å². The molecule has 2 fully saturated rings. The predicted molar refractivity (Wildman–Crippen MR) is 161 cm³/mol. The number of benzene rings is 1. The van der Waals surface area contributed by atoms with Gasteiger partial charge >= 0.3 is 11.9 Å². The van der Waals surface area contributed by atoms with Crippen LogP contribution in [0.2, 0.25) is 0 Å². The lowest BCUT2D eigenvalue weighted by molar-refractivity contribution is -0.297. The van der Waals surface area contributed by atoms with Crippen molar-refractivity contribution >= 4 is 23.8 Å². The Morgan fingerprint density at radius 2 is 1.56 bits per heavy atom. The second-order valence-electron chi connectivity index (χ2n) is 12.7. The number of hydrogen-bond donors (Lipinski definition) is 3. The SMILES string of the molecule is COc1cccc2c1C1(OCCO1)C1=C(OC(C)=O)[C@@]3(O)[C@@H]([C@@H](O)[C@@H]1[C@H]2C)[C@H](N(C)C)C(OC(C)=O)=C(C(=O)NC(C)=O)C31OCCO1. The van der Waals surface area contributed by atoms with E-state index in [0.29, 0.717) is 16.9 Å². The monoisotopic (exact) mass is 672 g/mol. The molecule has 6 rings (SSSR count). The van der Waals surface area contributed by atoms with Crippen LogP contribution in [0.25, 0.3) is 0 Å². The Labute approximate surface area is 276 Å². The van der Waals surface area contributed by atoms with E-state index in [9.17, 15) is 29.4 Å². The molecule has 3 aliphatic carbocycles. The second-order valence-corrected chi connectivity index (χ2v) is 12.7. The average molecular weight is 673 g/mol. The Morgan fingerprint density at radius 3 is 2.10 bits per heavy atom. The van der Waals surface area contributed by atoms with Crippen molar-refractivity contribution in [3.63, 3.8) is 0 Å². The lowest BCUT2D eigenvalue weighted by Gasteiger charge is -2.61. The van der Waals surface area contributed by atoms with Crippen molar-refractivity contribution in [1.29, 1.82) is 0 Å². The van der Waals surface area contributed by atoms with Gasteiger partial charge in [-0.25, -0.2) is 0 Å². The summed E-state index contributed by atoms with van der Waals surface area (Å²) in [5.74, 6) is -11.3. The molecule has 2 saturated heterocycles. The van der Waals surface area contributed by atoms with Crippen molar-refractivity contribution in [2.45, 2.75) is 62.9 Å². The molecular weight excluding hydrogens is 632 g/mol. The third-order valence-corrected chi connectivity index (χ3v) is 9.78.